The molecule has 1 aromatic heterocycles. The third-order valence-electron chi connectivity index (χ3n) is 2.49. The minimum absolute atomic E-state index is 0.173. The highest BCUT2D eigenvalue weighted by molar-refractivity contribution is 5.56. The van der Waals surface area contributed by atoms with Gasteiger partial charge in [0.05, 0.1) is 18.0 Å². The van der Waals surface area contributed by atoms with Crippen LogP contribution in [0.15, 0.2) is 36.7 Å². The molecule has 0 amide bonds. The van der Waals surface area contributed by atoms with Crippen LogP contribution in [0.2, 0.25) is 0 Å². The van der Waals surface area contributed by atoms with E-state index in [1.165, 1.54) is 0 Å². The van der Waals surface area contributed by atoms with Gasteiger partial charge in [0.1, 0.15) is 5.75 Å². The lowest BCUT2D eigenvalue weighted by Gasteiger charge is -2.15. The molecule has 0 aliphatic carbocycles. The Morgan fingerprint density at radius 1 is 1.33 bits per heavy atom. The van der Waals surface area contributed by atoms with Gasteiger partial charge in [0, 0.05) is 25.4 Å². The summed E-state index contributed by atoms with van der Waals surface area (Å²) in [4.78, 5) is 0. The minimum Gasteiger partial charge on any atom is -0.489 e. The van der Waals surface area contributed by atoms with Crippen LogP contribution in [0.4, 0.5) is 5.69 Å². The van der Waals surface area contributed by atoms with E-state index in [-0.39, 0.29) is 6.10 Å². The fourth-order valence-electron chi connectivity index (χ4n) is 1.73. The number of anilines is 1. The van der Waals surface area contributed by atoms with Crippen LogP contribution in [0.3, 0.4) is 0 Å². The zero-order valence-corrected chi connectivity index (χ0v) is 11.1. The lowest BCUT2D eigenvalue weighted by molar-refractivity contribution is 0.243. The van der Waals surface area contributed by atoms with Gasteiger partial charge in [-0.15, -0.1) is 0 Å². The van der Waals surface area contributed by atoms with Gasteiger partial charge >= 0.3 is 0 Å². The quantitative estimate of drug-likeness (QED) is 0.880. The fraction of sp³-hybridized carbons (Fsp3) is 0.357. The molecule has 96 valence electrons. The highest BCUT2D eigenvalue weighted by Crippen LogP contribution is 2.25. The average Bonchev–Trinajstić information content (AvgIpc) is 2.73. The monoisotopic (exact) mass is 245 g/mol. The highest BCUT2D eigenvalue weighted by atomic mass is 16.5. The maximum atomic E-state index is 5.76. The number of nitrogens with one attached hydrogen (secondary N) is 1. The molecule has 0 saturated heterocycles. The third kappa shape index (κ3) is 3.26. The lowest BCUT2D eigenvalue weighted by Crippen LogP contribution is -2.08. The van der Waals surface area contributed by atoms with Crippen LogP contribution in [0, 0.1) is 0 Å². The molecular weight excluding hydrogens is 226 g/mol. The topological polar surface area (TPSA) is 39.1 Å². The normalized spacial score (nSPS) is 10.7. The van der Waals surface area contributed by atoms with Crippen LogP contribution in [-0.2, 0) is 13.6 Å². The summed E-state index contributed by atoms with van der Waals surface area (Å²) < 4.78 is 7.55. The van der Waals surface area contributed by atoms with E-state index in [1.807, 2.05) is 57.6 Å². The molecule has 1 aromatic carbocycles. The van der Waals surface area contributed by atoms with Crippen molar-refractivity contribution in [1.82, 2.24) is 9.78 Å². The number of para-hydroxylation sites is 2. The van der Waals surface area contributed by atoms with E-state index >= 15 is 0 Å². The zero-order valence-electron chi connectivity index (χ0n) is 11.1. The van der Waals surface area contributed by atoms with Crippen LogP contribution in [0.25, 0.3) is 0 Å². The van der Waals surface area contributed by atoms with Crippen LogP contribution in [0.1, 0.15) is 19.4 Å². The van der Waals surface area contributed by atoms with E-state index in [2.05, 4.69) is 10.4 Å². The molecule has 0 spiro atoms. The molecule has 0 saturated carbocycles. The largest absolute Gasteiger partial charge is 0.489 e. The van der Waals surface area contributed by atoms with Gasteiger partial charge in [-0.25, -0.2) is 0 Å². The first-order valence-corrected chi connectivity index (χ1v) is 6.12. The van der Waals surface area contributed by atoms with E-state index in [1.54, 1.807) is 4.68 Å². The molecular formula is C14H19N3O. The van der Waals surface area contributed by atoms with Gasteiger partial charge in [0.25, 0.3) is 0 Å². The van der Waals surface area contributed by atoms with Gasteiger partial charge in [-0.2, -0.15) is 5.10 Å². The van der Waals surface area contributed by atoms with Gasteiger partial charge in [0.15, 0.2) is 0 Å². The summed E-state index contributed by atoms with van der Waals surface area (Å²) in [5.41, 5.74) is 2.16. The van der Waals surface area contributed by atoms with Crippen molar-refractivity contribution in [2.45, 2.75) is 26.5 Å². The van der Waals surface area contributed by atoms with Crippen LogP contribution < -0.4 is 10.1 Å². The molecule has 4 nitrogen and oxygen atoms in total. The predicted octanol–water partition coefficient (Wildman–Crippen LogP) is 2.82. The van der Waals surface area contributed by atoms with E-state index < -0.39 is 0 Å². The van der Waals surface area contributed by atoms with Crippen molar-refractivity contribution in [3.8, 4) is 5.75 Å². The molecule has 1 heterocycles. The Morgan fingerprint density at radius 3 is 2.78 bits per heavy atom. The van der Waals surface area contributed by atoms with Crippen molar-refractivity contribution in [3.05, 3.63) is 42.2 Å². The van der Waals surface area contributed by atoms with E-state index in [4.69, 9.17) is 4.74 Å². The number of aryl methyl sites for hydroxylation is 1. The second-order valence-corrected chi connectivity index (χ2v) is 4.54. The van der Waals surface area contributed by atoms with Crippen molar-refractivity contribution in [2.75, 3.05) is 5.32 Å². The van der Waals surface area contributed by atoms with Crippen molar-refractivity contribution in [2.24, 2.45) is 7.05 Å². The van der Waals surface area contributed by atoms with E-state index in [9.17, 15) is 0 Å². The highest BCUT2D eigenvalue weighted by Gasteiger charge is 2.04. The summed E-state index contributed by atoms with van der Waals surface area (Å²) in [6, 6.07) is 7.98. The molecule has 0 atom stereocenters. The third-order valence-corrected chi connectivity index (χ3v) is 2.49. The maximum absolute atomic E-state index is 5.76. The minimum atomic E-state index is 0.173. The molecule has 0 fully saturated rings. The second-order valence-electron chi connectivity index (χ2n) is 4.54. The van der Waals surface area contributed by atoms with Crippen LogP contribution >= 0.6 is 0 Å². The fourth-order valence-corrected chi connectivity index (χ4v) is 1.73. The van der Waals surface area contributed by atoms with Crippen molar-refractivity contribution in [3.63, 3.8) is 0 Å². The number of nitrogens with zero attached hydrogens (tertiary/aromatic N) is 2. The maximum Gasteiger partial charge on any atom is 0.142 e. The van der Waals surface area contributed by atoms with Crippen molar-refractivity contribution < 1.29 is 4.74 Å². The van der Waals surface area contributed by atoms with Gasteiger partial charge in [0.2, 0.25) is 0 Å². The molecule has 18 heavy (non-hydrogen) atoms. The molecule has 2 rings (SSSR count). The predicted molar refractivity (Wildman–Crippen MR) is 72.7 cm³/mol. The van der Waals surface area contributed by atoms with Crippen molar-refractivity contribution >= 4 is 5.69 Å². The summed E-state index contributed by atoms with van der Waals surface area (Å²) in [6.45, 7) is 4.79. The molecule has 0 radical (unpaired) electrons. The van der Waals surface area contributed by atoms with Crippen LogP contribution in [0.5, 0.6) is 5.75 Å². The van der Waals surface area contributed by atoms with Crippen LogP contribution in [-0.4, -0.2) is 15.9 Å². The summed E-state index contributed by atoms with van der Waals surface area (Å²) in [7, 11) is 1.92. The Bertz CT molecular complexity index is 505. The molecule has 0 unspecified atom stereocenters. The standard InChI is InChI=1S/C14H19N3O/c1-11(2)18-14-7-5-4-6-13(14)15-8-12-9-16-17(3)10-12/h4-7,9-11,15H,8H2,1-3H3. The second kappa shape index (κ2) is 5.58. The Balaban J connectivity index is 2.04. The average molecular weight is 245 g/mol. The molecule has 1 N–H and O–H groups in total. The number of hydrogen-bond donors (Lipinski definition) is 1. The Kier molecular flexibility index (Phi) is 3.87. The first-order valence-electron chi connectivity index (χ1n) is 6.12. The number of rotatable bonds is 5. The SMILES string of the molecule is CC(C)Oc1ccccc1NCc1cnn(C)c1. The van der Waals surface area contributed by atoms with Gasteiger partial charge < -0.3 is 10.1 Å². The first-order chi connectivity index (χ1) is 8.65. The van der Waals surface area contributed by atoms with Crippen molar-refractivity contribution in [1.29, 1.82) is 0 Å². The molecule has 2 aromatic rings. The molecule has 0 aliphatic rings. The summed E-state index contributed by atoms with van der Waals surface area (Å²) in [5, 5.41) is 7.52. The van der Waals surface area contributed by atoms with Gasteiger partial charge in [-0.3, -0.25) is 4.68 Å². The Hall–Kier alpha value is -1.97. The lowest BCUT2D eigenvalue weighted by atomic mass is 10.2. The number of aromatic nitrogens is 2. The number of ether oxygens (including phenoxy) is 1. The smallest absolute Gasteiger partial charge is 0.142 e. The molecule has 0 bridgehead atoms. The molecule has 0 aliphatic heterocycles. The number of hydrogen-bond acceptors (Lipinski definition) is 3. The summed E-state index contributed by atoms with van der Waals surface area (Å²) >= 11 is 0. The van der Waals surface area contributed by atoms with E-state index in [0.717, 1.165) is 23.5 Å². The Morgan fingerprint density at radius 2 is 2.11 bits per heavy atom. The van der Waals surface area contributed by atoms with Gasteiger partial charge in [-0.1, -0.05) is 12.1 Å². The zero-order chi connectivity index (χ0) is 13.0. The summed E-state index contributed by atoms with van der Waals surface area (Å²) in [6.07, 6.45) is 4.03. The first kappa shape index (κ1) is 12.5. The number of benzene rings is 1. The van der Waals surface area contributed by atoms with Gasteiger partial charge in [-0.05, 0) is 26.0 Å². The summed E-state index contributed by atoms with van der Waals surface area (Å²) in [5.74, 6) is 0.886. The Labute approximate surface area is 108 Å². The van der Waals surface area contributed by atoms with E-state index in [0.29, 0.717) is 0 Å². The molecule has 4 heteroatoms.